The van der Waals surface area contributed by atoms with Crippen LogP contribution in [0.15, 0.2) is 36.9 Å². The third-order valence-electron chi connectivity index (χ3n) is 2.60. The van der Waals surface area contributed by atoms with Crippen LogP contribution in [0.25, 0.3) is 17.0 Å². The van der Waals surface area contributed by atoms with E-state index in [0.29, 0.717) is 5.92 Å². The molecule has 78 valence electrons. The number of benzene rings is 1. The van der Waals surface area contributed by atoms with Crippen LogP contribution in [0.2, 0.25) is 0 Å². The zero-order chi connectivity index (χ0) is 10.8. The van der Waals surface area contributed by atoms with Gasteiger partial charge in [0.05, 0.1) is 0 Å². The second-order valence-electron chi connectivity index (χ2n) is 4.34. The van der Waals surface area contributed by atoms with Crippen LogP contribution in [-0.4, -0.2) is 4.57 Å². The molecule has 0 atom stereocenters. The molecule has 0 aliphatic rings. The average Bonchev–Trinajstić information content (AvgIpc) is 2.56. The number of fused-ring (bicyclic) bond motifs is 1. The Morgan fingerprint density at radius 2 is 2.07 bits per heavy atom. The molecular formula is C14H17N. The van der Waals surface area contributed by atoms with E-state index >= 15 is 0 Å². The van der Waals surface area contributed by atoms with Crippen molar-refractivity contribution >= 4 is 17.0 Å². The summed E-state index contributed by atoms with van der Waals surface area (Å²) in [6.45, 7) is 9.40. The Bertz CT molecular complexity index is 477. The van der Waals surface area contributed by atoms with Crippen molar-refractivity contribution in [3.05, 3.63) is 42.6 Å². The third kappa shape index (κ3) is 1.82. The number of aromatic nitrogens is 1. The van der Waals surface area contributed by atoms with Crippen molar-refractivity contribution in [2.75, 3.05) is 0 Å². The Balaban J connectivity index is 2.61. The molecule has 1 aromatic carbocycles. The van der Waals surface area contributed by atoms with Gasteiger partial charge in [-0.05, 0) is 24.1 Å². The summed E-state index contributed by atoms with van der Waals surface area (Å²) in [7, 11) is 0. The van der Waals surface area contributed by atoms with Gasteiger partial charge >= 0.3 is 0 Å². The van der Waals surface area contributed by atoms with Crippen LogP contribution in [0, 0.1) is 5.92 Å². The van der Waals surface area contributed by atoms with Gasteiger partial charge in [0.2, 0.25) is 0 Å². The minimum atomic E-state index is 0.652. The molecule has 0 fully saturated rings. The standard InChI is InChI=1S/C14H17N/c1-4-13-9-12-7-5-6-8-14(12)15(13)10-11(2)3/h4-9,11H,1,10H2,2-3H3. The van der Waals surface area contributed by atoms with Gasteiger partial charge in [0.15, 0.2) is 0 Å². The van der Waals surface area contributed by atoms with Crippen LogP contribution in [-0.2, 0) is 6.54 Å². The minimum Gasteiger partial charge on any atom is -0.341 e. The Morgan fingerprint density at radius 3 is 2.73 bits per heavy atom. The molecule has 0 amide bonds. The summed E-state index contributed by atoms with van der Waals surface area (Å²) < 4.78 is 2.34. The summed E-state index contributed by atoms with van der Waals surface area (Å²) in [6.07, 6.45) is 1.93. The van der Waals surface area contributed by atoms with Gasteiger partial charge in [-0.15, -0.1) is 0 Å². The van der Waals surface area contributed by atoms with Gasteiger partial charge in [-0.25, -0.2) is 0 Å². The molecule has 15 heavy (non-hydrogen) atoms. The van der Waals surface area contributed by atoms with Gasteiger partial charge in [0.1, 0.15) is 0 Å². The third-order valence-corrected chi connectivity index (χ3v) is 2.60. The molecule has 0 radical (unpaired) electrons. The van der Waals surface area contributed by atoms with E-state index in [9.17, 15) is 0 Å². The molecule has 0 saturated heterocycles. The molecule has 1 nitrogen and oxygen atoms in total. The highest BCUT2D eigenvalue weighted by atomic mass is 15.0. The number of hydrogen-bond acceptors (Lipinski definition) is 0. The molecule has 1 heterocycles. The van der Waals surface area contributed by atoms with Crippen molar-refractivity contribution in [2.24, 2.45) is 5.92 Å². The molecule has 0 bridgehead atoms. The molecule has 0 aliphatic carbocycles. The Hall–Kier alpha value is -1.50. The molecule has 0 aliphatic heterocycles. The van der Waals surface area contributed by atoms with Crippen LogP contribution in [0.1, 0.15) is 19.5 Å². The molecule has 0 unspecified atom stereocenters. The van der Waals surface area contributed by atoms with E-state index in [2.05, 4.69) is 55.3 Å². The average molecular weight is 199 g/mol. The topological polar surface area (TPSA) is 4.93 Å². The molecule has 1 aromatic heterocycles. The van der Waals surface area contributed by atoms with Crippen molar-refractivity contribution in [1.82, 2.24) is 4.57 Å². The zero-order valence-electron chi connectivity index (χ0n) is 9.40. The summed E-state index contributed by atoms with van der Waals surface area (Å²) in [6, 6.07) is 10.7. The molecule has 2 aromatic rings. The highest BCUT2D eigenvalue weighted by Crippen LogP contribution is 2.21. The van der Waals surface area contributed by atoms with Crippen LogP contribution >= 0.6 is 0 Å². The number of para-hydroxylation sites is 1. The molecule has 0 spiro atoms. The summed E-state index contributed by atoms with van der Waals surface area (Å²) in [4.78, 5) is 0. The summed E-state index contributed by atoms with van der Waals surface area (Å²) in [5, 5.41) is 1.30. The lowest BCUT2D eigenvalue weighted by molar-refractivity contribution is 0.533. The maximum Gasteiger partial charge on any atom is 0.0485 e. The first-order valence-corrected chi connectivity index (χ1v) is 5.43. The lowest BCUT2D eigenvalue weighted by Gasteiger charge is -2.10. The monoisotopic (exact) mass is 199 g/mol. The lowest BCUT2D eigenvalue weighted by atomic mass is 10.2. The second kappa shape index (κ2) is 3.93. The first-order chi connectivity index (χ1) is 7.22. The summed E-state index contributed by atoms with van der Waals surface area (Å²) >= 11 is 0. The van der Waals surface area contributed by atoms with Crippen molar-refractivity contribution in [3.8, 4) is 0 Å². The van der Waals surface area contributed by atoms with Gasteiger partial charge in [-0.2, -0.15) is 0 Å². The summed E-state index contributed by atoms with van der Waals surface area (Å²) in [5.74, 6) is 0.652. The quantitative estimate of drug-likeness (QED) is 0.705. The fourth-order valence-electron chi connectivity index (χ4n) is 1.97. The fourth-order valence-corrected chi connectivity index (χ4v) is 1.97. The zero-order valence-corrected chi connectivity index (χ0v) is 9.40. The van der Waals surface area contributed by atoms with Gasteiger partial charge in [0.25, 0.3) is 0 Å². The Morgan fingerprint density at radius 1 is 1.33 bits per heavy atom. The van der Waals surface area contributed by atoms with Crippen molar-refractivity contribution in [3.63, 3.8) is 0 Å². The van der Waals surface area contributed by atoms with Gasteiger partial charge < -0.3 is 4.57 Å². The Kier molecular flexibility index (Phi) is 2.63. The predicted octanol–water partition coefficient (Wildman–Crippen LogP) is 3.94. The largest absolute Gasteiger partial charge is 0.341 e. The fraction of sp³-hybridized carbons (Fsp3) is 0.286. The van der Waals surface area contributed by atoms with E-state index in [1.54, 1.807) is 0 Å². The predicted molar refractivity (Wildman–Crippen MR) is 66.9 cm³/mol. The highest BCUT2D eigenvalue weighted by molar-refractivity contribution is 5.83. The Labute approximate surface area is 91.0 Å². The first kappa shape index (κ1) is 10.0. The van der Waals surface area contributed by atoms with Crippen LogP contribution < -0.4 is 0 Å². The first-order valence-electron chi connectivity index (χ1n) is 5.43. The van der Waals surface area contributed by atoms with Crippen LogP contribution in [0.4, 0.5) is 0 Å². The minimum absolute atomic E-state index is 0.652. The normalized spacial score (nSPS) is 11.1. The van der Waals surface area contributed by atoms with E-state index in [1.165, 1.54) is 16.6 Å². The molecule has 0 N–H and O–H groups in total. The smallest absolute Gasteiger partial charge is 0.0485 e. The molecular weight excluding hydrogens is 182 g/mol. The number of nitrogens with zero attached hydrogens (tertiary/aromatic N) is 1. The molecule has 0 saturated carbocycles. The highest BCUT2D eigenvalue weighted by Gasteiger charge is 2.06. The van der Waals surface area contributed by atoms with Crippen LogP contribution in [0.5, 0.6) is 0 Å². The number of hydrogen-bond donors (Lipinski definition) is 0. The lowest BCUT2D eigenvalue weighted by Crippen LogP contribution is -2.05. The maximum atomic E-state index is 3.87. The maximum absolute atomic E-state index is 3.87. The second-order valence-corrected chi connectivity index (χ2v) is 4.34. The van der Waals surface area contributed by atoms with Crippen molar-refractivity contribution in [2.45, 2.75) is 20.4 Å². The van der Waals surface area contributed by atoms with E-state index in [0.717, 1.165) is 6.54 Å². The van der Waals surface area contributed by atoms with Crippen molar-refractivity contribution in [1.29, 1.82) is 0 Å². The van der Waals surface area contributed by atoms with Crippen molar-refractivity contribution < 1.29 is 0 Å². The van der Waals surface area contributed by atoms with E-state index in [1.807, 2.05) is 6.08 Å². The van der Waals surface area contributed by atoms with E-state index in [-0.39, 0.29) is 0 Å². The number of rotatable bonds is 3. The van der Waals surface area contributed by atoms with Gasteiger partial charge in [0, 0.05) is 23.1 Å². The van der Waals surface area contributed by atoms with E-state index in [4.69, 9.17) is 0 Å². The van der Waals surface area contributed by atoms with Gasteiger partial charge in [-0.1, -0.05) is 38.6 Å². The molecule has 2 rings (SSSR count). The van der Waals surface area contributed by atoms with E-state index < -0.39 is 0 Å². The molecule has 1 heteroatoms. The SMILES string of the molecule is C=Cc1cc2ccccc2n1CC(C)C. The summed E-state index contributed by atoms with van der Waals surface area (Å²) in [5.41, 5.74) is 2.52. The van der Waals surface area contributed by atoms with Crippen LogP contribution in [0.3, 0.4) is 0 Å². The van der Waals surface area contributed by atoms with Gasteiger partial charge in [-0.3, -0.25) is 0 Å².